The number of nitrogens with two attached hydrogens (primary N) is 1. The highest BCUT2D eigenvalue weighted by Crippen LogP contribution is 2.30. The summed E-state index contributed by atoms with van der Waals surface area (Å²) in [4.78, 5) is 0. The lowest BCUT2D eigenvalue weighted by Gasteiger charge is -2.19. The molecule has 96 valence electrons. The predicted molar refractivity (Wildman–Crippen MR) is 66.6 cm³/mol. The van der Waals surface area contributed by atoms with Gasteiger partial charge in [0.25, 0.3) is 0 Å². The maximum absolute atomic E-state index is 11.9. The van der Waals surface area contributed by atoms with Crippen molar-refractivity contribution in [2.75, 3.05) is 13.1 Å². The molecule has 4 nitrogen and oxygen atoms in total. The minimum Gasteiger partial charge on any atom is -0.329 e. The van der Waals surface area contributed by atoms with Crippen molar-refractivity contribution in [2.45, 2.75) is 44.8 Å². The fourth-order valence-corrected chi connectivity index (χ4v) is 3.75. The zero-order chi connectivity index (χ0) is 12.2. The van der Waals surface area contributed by atoms with Crippen LogP contribution in [0.1, 0.15) is 39.5 Å². The van der Waals surface area contributed by atoms with Crippen LogP contribution < -0.4 is 10.5 Å². The first-order chi connectivity index (χ1) is 7.51. The van der Waals surface area contributed by atoms with E-state index < -0.39 is 15.3 Å². The topological polar surface area (TPSA) is 72.2 Å². The Hall–Kier alpha value is -0.130. The van der Waals surface area contributed by atoms with E-state index in [1.54, 1.807) is 0 Å². The van der Waals surface area contributed by atoms with Crippen LogP contribution in [0, 0.1) is 11.8 Å². The second-order valence-corrected chi connectivity index (χ2v) is 6.87. The standard InChI is InChI=1S/C11H24N2O2S/c1-3-11(7-12)16(14,15)13-8-10-6-4-5-9(10)2/h9-11,13H,3-8,12H2,1-2H3. The Balaban J connectivity index is 2.47. The lowest BCUT2D eigenvalue weighted by atomic mass is 9.99. The van der Waals surface area contributed by atoms with E-state index in [0.29, 0.717) is 24.8 Å². The van der Waals surface area contributed by atoms with E-state index in [1.165, 1.54) is 12.8 Å². The van der Waals surface area contributed by atoms with Gasteiger partial charge in [0.15, 0.2) is 0 Å². The van der Waals surface area contributed by atoms with Gasteiger partial charge in [-0.1, -0.05) is 26.7 Å². The summed E-state index contributed by atoms with van der Waals surface area (Å²) in [5.41, 5.74) is 5.46. The summed E-state index contributed by atoms with van der Waals surface area (Å²) in [7, 11) is -3.21. The Morgan fingerprint density at radius 1 is 1.44 bits per heavy atom. The molecule has 0 amide bonds. The Kier molecular flexibility index (Phi) is 5.21. The van der Waals surface area contributed by atoms with Crippen molar-refractivity contribution < 1.29 is 8.42 Å². The van der Waals surface area contributed by atoms with Crippen molar-refractivity contribution in [3.05, 3.63) is 0 Å². The first-order valence-electron chi connectivity index (χ1n) is 6.19. The normalized spacial score (nSPS) is 28.2. The lowest BCUT2D eigenvalue weighted by Crippen LogP contribution is -2.40. The molecule has 16 heavy (non-hydrogen) atoms. The summed E-state index contributed by atoms with van der Waals surface area (Å²) in [6.07, 6.45) is 4.16. The van der Waals surface area contributed by atoms with Gasteiger partial charge < -0.3 is 5.73 Å². The van der Waals surface area contributed by atoms with Crippen molar-refractivity contribution in [1.82, 2.24) is 4.72 Å². The molecule has 0 aromatic carbocycles. The number of hydrogen-bond acceptors (Lipinski definition) is 3. The van der Waals surface area contributed by atoms with Crippen LogP contribution in [0.25, 0.3) is 0 Å². The third-order valence-electron chi connectivity index (χ3n) is 3.74. The van der Waals surface area contributed by atoms with Gasteiger partial charge in [0.05, 0.1) is 5.25 Å². The van der Waals surface area contributed by atoms with Gasteiger partial charge in [-0.25, -0.2) is 13.1 Å². The zero-order valence-corrected chi connectivity index (χ0v) is 11.1. The summed E-state index contributed by atoms with van der Waals surface area (Å²) >= 11 is 0. The molecule has 0 aromatic heterocycles. The molecule has 1 aliphatic carbocycles. The quantitative estimate of drug-likeness (QED) is 0.739. The van der Waals surface area contributed by atoms with Crippen LogP contribution in [0.3, 0.4) is 0 Å². The number of rotatable bonds is 6. The second-order valence-electron chi connectivity index (χ2n) is 4.83. The fourth-order valence-electron chi connectivity index (χ4n) is 2.38. The number of sulfonamides is 1. The molecular formula is C11H24N2O2S. The van der Waals surface area contributed by atoms with Gasteiger partial charge in [0.1, 0.15) is 0 Å². The van der Waals surface area contributed by atoms with Gasteiger partial charge in [-0.3, -0.25) is 0 Å². The molecule has 1 rings (SSSR count). The Bertz CT molecular complexity index is 299. The number of nitrogens with one attached hydrogen (secondary N) is 1. The van der Waals surface area contributed by atoms with Crippen LogP contribution in [0.2, 0.25) is 0 Å². The Morgan fingerprint density at radius 2 is 2.12 bits per heavy atom. The van der Waals surface area contributed by atoms with Crippen LogP contribution in [0.5, 0.6) is 0 Å². The van der Waals surface area contributed by atoms with Crippen molar-refractivity contribution in [3.8, 4) is 0 Å². The van der Waals surface area contributed by atoms with Gasteiger partial charge in [-0.2, -0.15) is 0 Å². The molecule has 1 saturated carbocycles. The highest BCUT2D eigenvalue weighted by Gasteiger charge is 2.27. The van der Waals surface area contributed by atoms with E-state index in [2.05, 4.69) is 11.6 Å². The maximum Gasteiger partial charge on any atom is 0.215 e. The van der Waals surface area contributed by atoms with E-state index >= 15 is 0 Å². The van der Waals surface area contributed by atoms with E-state index in [9.17, 15) is 8.42 Å². The first kappa shape index (κ1) is 13.9. The van der Waals surface area contributed by atoms with Gasteiger partial charge in [0, 0.05) is 13.1 Å². The van der Waals surface area contributed by atoms with E-state index in [-0.39, 0.29) is 6.54 Å². The molecule has 3 unspecified atom stereocenters. The Labute approximate surface area is 99.0 Å². The minimum atomic E-state index is -3.21. The van der Waals surface area contributed by atoms with Crippen LogP contribution >= 0.6 is 0 Å². The summed E-state index contributed by atoms with van der Waals surface area (Å²) < 4.78 is 26.5. The van der Waals surface area contributed by atoms with Crippen LogP contribution in [-0.2, 0) is 10.0 Å². The highest BCUT2D eigenvalue weighted by molar-refractivity contribution is 7.90. The third kappa shape index (κ3) is 3.43. The predicted octanol–water partition coefficient (Wildman–Crippen LogP) is 1.08. The molecule has 0 aromatic rings. The third-order valence-corrected chi connectivity index (χ3v) is 5.72. The van der Waals surface area contributed by atoms with Gasteiger partial charge in [-0.15, -0.1) is 0 Å². The molecule has 0 radical (unpaired) electrons. The number of hydrogen-bond donors (Lipinski definition) is 2. The largest absolute Gasteiger partial charge is 0.329 e. The highest BCUT2D eigenvalue weighted by atomic mass is 32.2. The molecular weight excluding hydrogens is 224 g/mol. The maximum atomic E-state index is 11.9. The van der Waals surface area contributed by atoms with Gasteiger partial charge in [-0.05, 0) is 24.7 Å². The SMILES string of the molecule is CCC(CN)S(=O)(=O)NCC1CCCC1C. The summed E-state index contributed by atoms with van der Waals surface area (Å²) in [6.45, 7) is 4.84. The first-order valence-corrected chi connectivity index (χ1v) is 7.74. The average molecular weight is 248 g/mol. The minimum absolute atomic E-state index is 0.200. The van der Waals surface area contributed by atoms with Crippen LogP contribution in [0.15, 0.2) is 0 Å². The molecule has 0 bridgehead atoms. The van der Waals surface area contributed by atoms with Crippen LogP contribution in [-0.4, -0.2) is 26.8 Å². The molecule has 1 aliphatic rings. The van der Waals surface area contributed by atoms with Gasteiger partial charge >= 0.3 is 0 Å². The average Bonchev–Trinajstić information content (AvgIpc) is 2.62. The summed E-state index contributed by atoms with van der Waals surface area (Å²) in [6, 6.07) is 0. The molecule has 0 heterocycles. The monoisotopic (exact) mass is 248 g/mol. The molecule has 1 fully saturated rings. The summed E-state index contributed by atoms with van der Waals surface area (Å²) in [5.74, 6) is 1.14. The van der Waals surface area contributed by atoms with Gasteiger partial charge in [0.2, 0.25) is 10.0 Å². The summed E-state index contributed by atoms with van der Waals surface area (Å²) in [5, 5.41) is -0.441. The zero-order valence-electron chi connectivity index (χ0n) is 10.3. The second kappa shape index (κ2) is 5.98. The molecule has 0 saturated heterocycles. The van der Waals surface area contributed by atoms with Crippen LogP contribution in [0.4, 0.5) is 0 Å². The molecule has 3 N–H and O–H groups in total. The van der Waals surface area contributed by atoms with Crippen molar-refractivity contribution >= 4 is 10.0 Å². The van der Waals surface area contributed by atoms with E-state index in [4.69, 9.17) is 5.73 Å². The molecule has 5 heteroatoms. The van der Waals surface area contributed by atoms with E-state index in [0.717, 1.165) is 6.42 Å². The smallest absolute Gasteiger partial charge is 0.215 e. The lowest BCUT2D eigenvalue weighted by molar-refractivity contribution is 0.413. The van der Waals surface area contributed by atoms with Crippen molar-refractivity contribution in [3.63, 3.8) is 0 Å². The molecule has 3 atom stereocenters. The Morgan fingerprint density at radius 3 is 2.56 bits per heavy atom. The van der Waals surface area contributed by atoms with Crippen molar-refractivity contribution in [1.29, 1.82) is 0 Å². The fraction of sp³-hybridized carbons (Fsp3) is 1.00. The van der Waals surface area contributed by atoms with Crippen molar-refractivity contribution in [2.24, 2.45) is 17.6 Å². The molecule has 0 aliphatic heterocycles. The molecule has 0 spiro atoms. The van der Waals surface area contributed by atoms with E-state index in [1.807, 2.05) is 6.92 Å².